The molecule has 0 N–H and O–H groups in total. The summed E-state index contributed by atoms with van der Waals surface area (Å²) < 4.78 is 0. The maximum atomic E-state index is 4.93. The zero-order chi connectivity index (χ0) is 18.5. The van der Waals surface area contributed by atoms with Crippen LogP contribution >= 0.6 is 17.0 Å². The van der Waals surface area contributed by atoms with Crippen LogP contribution in [0.15, 0.2) is 11.1 Å². The van der Waals surface area contributed by atoms with E-state index < -0.39 is 20.8 Å². The Morgan fingerprint density at radius 3 is 0.760 bits per heavy atom. The molecule has 25 heavy (non-hydrogen) atoms. The number of allylic oxidation sites excluding steroid dienone is 2. The molecule has 1 saturated carbocycles. The summed E-state index contributed by atoms with van der Waals surface area (Å²) in [6, 6.07) is 0. The Hall–Kier alpha value is 1.20. The van der Waals surface area contributed by atoms with Gasteiger partial charge in [0.05, 0.1) is 0 Å². The van der Waals surface area contributed by atoms with Crippen LogP contribution in [0.5, 0.6) is 0 Å². The van der Waals surface area contributed by atoms with E-state index in [1.807, 2.05) is 0 Å². The molecule has 2 unspecified atom stereocenters. The molecule has 0 aliphatic heterocycles. The third-order valence-electron chi connectivity index (χ3n) is 7.71. The number of halogens is 2. The molecule has 0 aromatic rings. The van der Waals surface area contributed by atoms with Crippen LogP contribution in [-0.2, 0) is 20.8 Å². The van der Waals surface area contributed by atoms with E-state index in [4.69, 9.17) is 17.0 Å². The first-order valence-corrected chi connectivity index (χ1v) is 15.5. The van der Waals surface area contributed by atoms with Crippen LogP contribution in [0.1, 0.15) is 69.2 Å². The van der Waals surface area contributed by atoms with Crippen molar-refractivity contribution in [3.8, 4) is 0 Å². The summed E-state index contributed by atoms with van der Waals surface area (Å²) in [6.07, 6.45) is 0. The topological polar surface area (TPSA) is 0 Å². The molecule has 2 atom stereocenters. The van der Waals surface area contributed by atoms with Gasteiger partial charge in [-0.1, -0.05) is 66.5 Å². The van der Waals surface area contributed by atoms with E-state index in [-0.39, 0.29) is 14.9 Å². The minimum atomic E-state index is -0.826. The second kappa shape index (κ2) is 14.2. The van der Waals surface area contributed by atoms with Crippen molar-refractivity contribution in [2.45, 2.75) is 69.2 Å². The van der Waals surface area contributed by atoms with Crippen molar-refractivity contribution in [3.05, 3.63) is 26.0 Å². The van der Waals surface area contributed by atoms with Crippen LogP contribution in [0.4, 0.5) is 0 Å². The first kappa shape index (κ1) is 30.9. The molecule has 1 fully saturated rings. The Kier molecular flexibility index (Phi) is 17.6. The van der Waals surface area contributed by atoms with Gasteiger partial charge in [0.2, 0.25) is 0 Å². The second-order valence-electron chi connectivity index (χ2n) is 8.17. The first-order chi connectivity index (χ1) is 10.5. The van der Waals surface area contributed by atoms with E-state index in [0.717, 1.165) is 47.3 Å². The molecule has 150 valence electrons. The molecule has 0 aromatic heterocycles. The molecular weight excluding hydrogens is 426 g/mol. The maximum absolute atomic E-state index is 4.93. The van der Waals surface area contributed by atoms with Crippen molar-refractivity contribution in [1.82, 2.24) is 0 Å². The van der Waals surface area contributed by atoms with Gasteiger partial charge in [0.1, 0.15) is 0 Å². The molecule has 0 amide bonds. The second-order valence-corrected chi connectivity index (χ2v) is 11.9. The fourth-order valence-corrected chi connectivity index (χ4v) is 4.33. The summed E-state index contributed by atoms with van der Waals surface area (Å²) in [5.41, 5.74) is 3.25. The molecule has 2 aliphatic carbocycles. The predicted octanol–water partition coefficient (Wildman–Crippen LogP) is 8.70. The SMILES string of the molecule is CC1=C(C)C(C)C(C)C1C.CC1C(C)C(C)C(C)C1C.[CH3-].[CH3-].[Cl][Zr+2][Cl]. The molecule has 2 aliphatic rings. The Bertz CT molecular complexity index is 317. The van der Waals surface area contributed by atoms with E-state index >= 15 is 0 Å². The number of hydrogen-bond donors (Lipinski definition) is 0. The van der Waals surface area contributed by atoms with Crippen molar-refractivity contribution < 1.29 is 20.8 Å². The number of rotatable bonds is 0. The average Bonchev–Trinajstić information content (AvgIpc) is 2.80. The average molecular weight is 471 g/mol. The molecule has 0 radical (unpaired) electrons. The van der Waals surface area contributed by atoms with Crippen LogP contribution in [0.3, 0.4) is 0 Å². The fraction of sp³-hybridized carbons (Fsp3) is 0.818. The Morgan fingerprint density at radius 1 is 0.520 bits per heavy atom. The number of hydrogen-bond acceptors (Lipinski definition) is 0. The van der Waals surface area contributed by atoms with Gasteiger partial charge in [-0.25, -0.2) is 0 Å². The molecule has 0 aromatic carbocycles. The van der Waals surface area contributed by atoms with Gasteiger partial charge in [0.15, 0.2) is 0 Å². The van der Waals surface area contributed by atoms with Gasteiger partial charge in [-0.05, 0) is 61.2 Å². The molecule has 0 spiro atoms. The van der Waals surface area contributed by atoms with Gasteiger partial charge in [0, 0.05) is 0 Å². The molecular formula is C22H44Cl2Zr. The van der Waals surface area contributed by atoms with Gasteiger partial charge < -0.3 is 14.9 Å². The quantitative estimate of drug-likeness (QED) is 0.245. The van der Waals surface area contributed by atoms with E-state index in [1.54, 1.807) is 11.1 Å². The van der Waals surface area contributed by atoms with Crippen LogP contribution in [-0.4, -0.2) is 0 Å². The van der Waals surface area contributed by atoms with E-state index in [0.29, 0.717) is 0 Å². The molecule has 0 nitrogen and oxygen atoms in total. The Labute approximate surface area is 179 Å². The predicted molar refractivity (Wildman–Crippen MR) is 116 cm³/mol. The van der Waals surface area contributed by atoms with E-state index in [9.17, 15) is 0 Å². The van der Waals surface area contributed by atoms with Crippen LogP contribution < -0.4 is 0 Å². The van der Waals surface area contributed by atoms with Crippen LogP contribution in [0.2, 0.25) is 0 Å². The minimum absolute atomic E-state index is 0. The van der Waals surface area contributed by atoms with Crippen molar-refractivity contribution in [3.63, 3.8) is 0 Å². The molecule has 0 saturated heterocycles. The monoisotopic (exact) mass is 468 g/mol. The van der Waals surface area contributed by atoms with Crippen LogP contribution in [0, 0.1) is 62.2 Å². The van der Waals surface area contributed by atoms with Crippen molar-refractivity contribution in [1.29, 1.82) is 0 Å². The standard InChI is InChI=1S/C10H20.C10H18.2CH3.2ClH.Zr/c2*1-6-7(2)9(4)10(5)8(6)3;;;;;/h6-10H,1-5H3;6-8H,1-5H3;2*1H3;2*1H;/q;;2*-1;;;+4/p-2. The van der Waals surface area contributed by atoms with Gasteiger partial charge >= 0.3 is 37.9 Å². The Balaban J connectivity index is -0.000000313. The van der Waals surface area contributed by atoms with Gasteiger partial charge in [-0.2, -0.15) is 0 Å². The van der Waals surface area contributed by atoms with E-state index in [1.165, 1.54) is 0 Å². The normalized spacial score (nSPS) is 39.0. The van der Waals surface area contributed by atoms with Crippen molar-refractivity contribution in [2.75, 3.05) is 0 Å². The summed E-state index contributed by atoms with van der Waals surface area (Å²) in [4.78, 5) is 0. The molecule has 0 heterocycles. The van der Waals surface area contributed by atoms with E-state index in [2.05, 4.69) is 69.2 Å². The van der Waals surface area contributed by atoms with Gasteiger partial charge in [0.25, 0.3) is 0 Å². The zero-order valence-electron chi connectivity index (χ0n) is 18.9. The summed E-state index contributed by atoms with van der Waals surface area (Å²) in [5.74, 6) is 7.17. The zero-order valence-corrected chi connectivity index (χ0v) is 22.8. The van der Waals surface area contributed by atoms with Crippen LogP contribution in [0.25, 0.3) is 0 Å². The summed E-state index contributed by atoms with van der Waals surface area (Å²) in [5, 5.41) is 0. The molecule has 3 heteroatoms. The summed E-state index contributed by atoms with van der Waals surface area (Å²) in [7, 11) is 9.87. The third-order valence-corrected chi connectivity index (χ3v) is 7.71. The first-order valence-electron chi connectivity index (χ1n) is 9.16. The third kappa shape index (κ3) is 7.99. The summed E-state index contributed by atoms with van der Waals surface area (Å²) in [6.45, 7) is 23.6. The van der Waals surface area contributed by atoms with Crippen molar-refractivity contribution >= 4 is 17.0 Å². The molecule has 2 rings (SSSR count). The fourth-order valence-electron chi connectivity index (χ4n) is 4.33. The van der Waals surface area contributed by atoms with Crippen molar-refractivity contribution in [2.24, 2.45) is 47.3 Å². The van der Waals surface area contributed by atoms with Gasteiger partial charge in [-0.3, -0.25) is 0 Å². The summed E-state index contributed by atoms with van der Waals surface area (Å²) >= 11 is -0.826. The van der Waals surface area contributed by atoms with Gasteiger partial charge in [-0.15, -0.1) is 0 Å². The Morgan fingerprint density at radius 2 is 0.680 bits per heavy atom. The molecule has 0 bridgehead atoms.